The van der Waals surface area contributed by atoms with Crippen molar-refractivity contribution in [3.8, 4) is 34.0 Å². The van der Waals surface area contributed by atoms with E-state index in [1.54, 1.807) is 68.6 Å². The van der Waals surface area contributed by atoms with Crippen molar-refractivity contribution < 1.29 is 18.6 Å². The zero-order valence-electron chi connectivity index (χ0n) is 27.9. The Morgan fingerprint density at radius 1 is 0.604 bits per heavy atom. The summed E-state index contributed by atoms with van der Waals surface area (Å²) in [5.74, 6) is 0.484. The molecule has 10 nitrogen and oxygen atoms in total. The Kier molecular flexibility index (Phi) is 12.5. The van der Waals surface area contributed by atoms with E-state index < -0.39 is 0 Å². The molecule has 266 valence electrons. The lowest BCUT2D eigenvalue weighted by molar-refractivity contribution is 0.414. The second kappa shape index (κ2) is 17.6. The molecule has 0 spiro atoms. The average molecular weight is 905 g/mol. The Morgan fingerprint density at radius 2 is 1.00 bits per heavy atom. The number of halogens is 5. The molecule has 0 aliphatic heterocycles. The van der Waals surface area contributed by atoms with Crippen molar-refractivity contribution in [1.82, 2.24) is 39.0 Å². The molecular formula is C37H28BBr3F2N8O2. The number of fused-ring (bicyclic) bond motifs is 2. The van der Waals surface area contributed by atoms with Gasteiger partial charge in [0.25, 0.3) is 0 Å². The largest absolute Gasteiger partial charge is 0.508 e. The Bertz CT molecular complexity index is 2410. The topological polar surface area (TPSA) is 117 Å². The molecular weight excluding hydrogens is 877 g/mol. The highest BCUT2D eigenvalue weighted by atomic mass is 79.9. The van der Waals surface area contributed by atoms with Crippen LogP contribution in [0.3, 0.4) is 0 Å². The minimum absolute atomic E-state index is 0.229. The lowest BCUT2D eigenvalue weighted by Crippen LogP contribution is -2.00. The maximum atomic E-state index is 13.1. The van der Waals surface area contributed by atoms with Gasteiger partial charge in [-0.15, -0.1) is 47.3 Å². The summed E-state index contributed by atoms with van der Waals surface area (Å²) in [5.41, 5.74) is 7.56. The van der Waals surface area contributed by atoms with Crippen LogP contribution in [-0.2, 0) is 13.1 Å². The molecule has 0 saturated heterocycles. The molecule has 16 heteroatoms. The van der Waals surface area contributed by atoms with E-state index in [4.69, 9.17) is 4.74 Å². The molecule has 4 aromatic carbocycles. The van der Waals surface area contributed by atoms with Crippen LogP contribution in [0.1, 0.15) is 11.1 Å². The van der Waals surface area contributed by atoms with Crippen molar-refractivity contribution in [2.75, 3.05) is 7.11 Å². The van der Waals surface area contributed by atoms with Crippen molar-refractivity contribution in [3.05, 3.63) is 145 Å². The number of phenolic OH excluding ortho intramolecular Hbond substituents is 1. The minimum Gasteiger partial charge on any atom is -0.508 e. The number of imidazole rings is 2. The number of phenols is 1. The van der Waals surface area contributed by atoms with Crippen LogP contribution < -0.4 is 4.74 Å². The highest BCUT2D eigenvalue weighted by molar-refractivity contribution is 9.69. The van der Waals surface area contributed by atoms with Crippen molar-refractivity contribution in [1.29, 1.82) is 0 Å². The number of hydrogen-bond donors (Lipinski definition) is 1. The van der Waals surface area contributed by atoms with Crippen LogP contribution in [0.5, 0.6) is 11.5 Å². The summed E-state index contributed by atoms with van der Waals surface area (Å²) in [4.78, 5) is 26.5. The van der Waals surface area contributed by atoms with Crippen molar-refractivity contribution in [2.45, 2.75) is 13.1 Å². The van der Waals surface area contributed by atoms with E-state index in [0.717, 1.165) is 28.0 Å². The fourth-order valence-electron chi connectivity index (χ4n) is 5.15. The molecule has 0 unspecified atom stereocenters. The Hall–Kier alpha value is -5.06. The molecule has 8 rings (SSSR count). The fraction of sp³-hybridized carbons (Fsp3) is 0.0811. The van der Waals surface area contributed by atoms with E-state index in [-0.39, 0.29) is 20.6 Å². The van der Waals surface area contributed by atoms with Gasteiger partial charge in [0.1, 0.15) is 23.1 Å². The maximum Gasteiger partial charge on any atom is 0.369 e. The Balaban J connectivity index is 0.000000165. The second-order valence-corrected chi connectivity index (χ2v) is 17.8. The van der Waals surface area contributed by atoms with Gasteiger partial charge in [-0.3, -0.25) is 0 Å². The molecule has 1 N–H and O–H groups in total. The molecule has 8 aromatic rings. The molecule has 0 amide bonds. The lowest BCUT2D eigenvalue weighted by atomic mass is 10.1. The van der Waals surface area contributed by atoms with E-state index >= 15 is 0 Å². The van der Waals surface area contributed by atoms with Gasteiger partial charge in [0, 0.05) is 11.1 Å². The first-order chi connectivity index (χ1) is 25.6. The van der Waals surface area contributed by atoms with Gasteiger partial charge < -0.3 is 19.0 Å². The van der Waals surface area contributed by atoms with Gasteiger partial charge in [-0.1, -0.05) is 24.3 Å². The van der Waals surface area contributed by atoms with Crippen LogP contribution in [0.2, 0.25) is 0 Å². The lowest BCUT2D eigenvalue weighted by Gasteiger charge is -2.06. The van der Waals surface area contributed by atoms with Crippen LogP contribution in [0.4, 0.5) is 8.78 Å². The van der Waals surface area contributed by atoms with Crippen LogP contribution in [0.15, 0.2) is 122 Å². The highest BCUT2D eigenvalue weighted by Crippen LogP contribution is 2.22. The van der Waals surface area contributed by atoms with Crippen molar-refractivity contribution in [3.63, 3.8) is 0 Å². The SMILES string of the molecule is BrB(Br)Br.COc1ccc(Cn2cnc3ncc(-c4ccc(F)cc4)nc32)cc1.Oc1ccc(Cn2cnc3ncc(-c4ccc(F)cc4)nc32)cc1. The molecule has 0 bridgehead atoms. The first-order valence-electron chi connectivity index (χ1n) is 15.9. The summed E-state index contributed by atoms with van der Waals surface area (Å²) in [6, 6.07) is 27.2. The first-order valence-corrected chi connectivity index (χ1v) is 18.6. The van der Waals surface area contributed by atoms with E-state index in [1.807, 2.05) is 45.5 Å². The molecule has 0 saturated carbocycles. The van der Waals surface area contributed by atoms with E-state index in [9.17, 15) is 13.9 Å². The number of benzene rings is 4. The Labute approximate surface area is 328 Å². The predicted molar refractivity (Wildman–Crippen MR) is 213 cm³/mol. The zero-order chi connectivity index (χ0) is 37.3. The summed E-state index contributed by atoms with van der Waals surface area (Å²) in [5, 5.41) is 9.37. The number of methoxy groups -OCH3 is 1. The average Bonchev–Trinajstić information content (AvgIpc) is 3.76. The van der Waals surface area contributed by atoms with Gasteiger partial charge in [0.2, 0.25) is 0 Å². The molecule has 0 fully saturated rings. The van der Waals surface area contributed by atoms with Gasteiger partial charge in [-0.05, 0) is 83.9 Å². The molecule has 0 aliphatic rings. The summed E-state index contributed by atoms with van der Waals surface area (Å²) in [6.45, 7) is 1.19. The number of aromatic hydroxyl groups is 1. The summed E-state index contributed by atoms with van der Waals surface area (Å²) in [7, 11) is 1.64. The van der Waals surface area contributed by atoms with Crippen LogP contribution in [0, 0.1) is 11.6 Å². The smallest absolute Gasteiger partial charge is 0.369 e. The van der Waals surface area contributed by atoms with E-state index in [1.165, 1.54) is 24.3 Å². The van der Waals surface area contributed by atoms with E-state index in [0.29, 0.717) is 47.1 Å². The number of nitrogens with zero attached hydrogens (tertiary/aromatic N) is 8. The minimum atomic E-state index is -0.287. The van der Waals surface area contributed by atoms with E-state index in [2.05, 4.69) is 77.2 Å². The Morgan fingerprint density at radius 3 is 1.40 bits per heavy atom. The predicted octanol–water partition coefficient (Wildman–Crippen LogP) is 9.23. The zero-order valence-corrected chi connectivity index (χ0v) is 32.6. The molecule has 0 aliphatic carbocycles. The number of hydrogen-bond acceptors (Lipinski definition) is 8. The summed E-state index contributed by atoms with van der Waals surface area (Å²) in [6.07, 6.45) is 6.70. The normalized spacial score (nSPS) is 10.7. The summed E-state index contributed by atoms with van der Waals surface area (Å²) < 4.78 is 35.5. The standard InChI is InChI=1S/C19H15FN4O.C18H13FN4O.BBr3/c1-25-16-8-2-13(3-9-16)11-24-12-22-18-19(24)23-17(10-21-18)14-4-6-15(20)7-5-14;19-14-5-3-13(4-6-14)16-9-20-17-18(22-16)23(11-21-17)10-12-1-7-15(24)8-2-12;2-1(3)4/h2-10,12H,11H2,1H3;1-9,11,24H,10H2;. The maximum absolute atomic E-state index is 13.1. The highest BCUT2D eigenvalue weighted by Gasteiger charge is 2.11. The molecule has 0 radical (unpaired) electrons. The monoisotopic (exact) mass is 902 g/mol. The van der Waals surface area contributed by atoms with Gasteiger partial charge in [0.15, 0.2) is 22.6 Å². The number of ether oxygens (including phenoxy) is 1. The number of aromatic nitrogens is 8. The quantitative estimate of drug-likeness (QED) is 0.158. The molecule has 0 atom stereocenters. The number of rotatable bonds is 7. The van der Waals surface area contributed by atoms with Gasteiger partial charge in [-0.2, -0.15) is 0 Å². The first kappa shape index (κ1) is 37.7. The van der Waals surface area contributed by atoms with Crippen molar-refractivity contribution in [2.24, 2.45) is 0 Å². The van der Waals surface area contributed by atoms with Crippen LogP contribution in [-0.4, -0.2) is 54.4 Å². The van der Waals surface area contributed by atoms with Gasteiger partial charge in [-0.25, -0.2) is 38.7 Å². The third-order valence-electron chi connectivity index (χ3n) is 7.74. The third kappa shape index (κ3) is 10.1. The van der Waals surface area contributed by atoms with Crippen LogP contribution in [0.25, 0.3) is 45.1 Å². The molecule has 4 heterocycles. The second-order valence-electron chi connectivity index (χ2n) is 11.3. The van der Waals surface area contributed by atoms with Crippen molar-refractivity contribution >= 4 is 73.0 Å². The van der Waals surface area contributed by atoms with Gasteiger partial charge >= 0.3 is 3.18 Å². The van der Waals surface area contributed by atoms with Crippen LogP contribution >= 0.6 is 47.3 Å². The third-order valence-corrected chi connectivity index (χ3v) is 7.74. The van der Waals surface area contributed by atoms with Gasteiger partial charge in [0.05, 0.1) is 56.6 Å². The molecule has 53 heavy (non-hydrogen) atoms. The fourth-order valence-corrected chi connectivity index (χ4v) is 5.15. The molecule has 4 aromatic heterocycles. The summed E-state index contributed by atoms with van der Waals surface area (Å²) >= 11 is 9.31.